The zero-order valence-electron chi connectivity index (χ0n) is 15.0. The second kappa shape index (κ2) is 9.23. The average Bonchev–Trinajstić information content (AvgIpc) is 3.04. The van der Waals surface area contributed by atoms with Crippen molar-refractivity contribution in [2.45, 2.75) is 39.2 Å². The monoisotopic (exact) mass is 392 g/mol. The first-order valence-corrected chi connectivity index (χ1v) is 8.90. The number of furan rings is 1. The number of carbonyl (C=O) groups excluding carboxylic acids is 2. The van der Waals surface area contributed by atoms with E-state index in [2.05, 4.69) is 10.6 Å². The minimum Gasteiger partial charge on any atom is -0.480 e. The van der Waals surface area contributed by atoms with Crippen LogP contribution in [0.4, 0.5) is 5.69 Å². The van der Waals surface area contributed by atoms with Gasteiger partial charge in [0.1, 0.15) is 11.8 Å². The number of hydrogen-bond acceptors (Lipinski definition) is 4. The summed E-state index contributed by atoms with van der Waals surface area (Å²) in [5.74, 6) is -1.73. The van der Waals surface area contributed by atoms with Crippen molar-refractivity contribution in [3.8, 4) is 0 Å². The Morgan fingerprint density at radius 3 is 2.52 bits per heavy atom. The van der Waals surface area contributed by atoms with Crippen LogP contribution in [0.5, 0.6) is 0 Å². The van der Waals surface area contributed by atoms with Crippen LogP contribution in [0.3, 0.4) is 0 Å². The lowest BCUT2D eigenvalue weighted by atomic mass is 10.1. The number of carbonyl (C=O) groups is 3. The van der Waals surface area contributed by atoms with Gasteiger partial charge in [0.15, 0.2) is 0 Å². The fourth-order valence-electron chi connectivity index (χ4n) is 2.53. The average molecular weight is 393 g/mol. The summed E-state index contributed by atoms with van der Waals surface area (Å²) in [6.07, 6.45) is 3.19. The van der Waals surface area contributed by atoms with Gasteiger partial charge < -0.3 is 20.2 Å². The molecular formula is C19H21ClN2O5. The highest BCUT2D eigenvalue weighted by Crippen LogP contribution is 2.23. The van der Waals surface area contributed by atoms with Crippen LogP contribution in [0, 0.1) is 6.92 Å². The van der Waals surface area contributed by atoms with Gasteiger partial charge in [-0.05, 0) is 37.6 Å². The van der Waals surface area contributed by atoms with Crippen LogP contribution in [0.1, 0.15) is 52.7 Å². The summed E-state index contributed by atoms with van der Waals surface area (Å²) in [4.78, 5) is 36.4. The van der Waals surface area contributed by atoms with Gasteiger partial charge in [0.25, 0.3) is 11.8 Å². The summed E-state index contributed by atoms with van der Waals surface area (Å²) in [6, 6.07) is 4.88. The lowest BCUT2D eigenvalue weighted by molar-refractivity contribution is -0.139. The molecule has 3 N–H and O–H groups in total. The van der Waals surface area contributed by atoms with Crippen molar-refractivity contribution < 1.29 is 23.9 Å². The van der Waals surface area contributed by atoms with Crippen LogP contribution in [-0.4, -0.2) is 28.9 Å². The number of unbranched alkanes of at least 4 members (excludes halogenated alkanes) is 1. The quantitative estimate of drug-likeness (QED) is 0.631. The third-order valence-electron chi connectivity index (χ3n) is 4.03. The number of nitrogens with one attached hydrogen (secondary N) is 2. The van der Waals surface area contributed by atoms with E-state index in [0.717, 1.165) is 6.42 Å². The third-order valence-corrected chi connectivity index (χ3v) is 4.26. The van der Waals surface area contributed by atoms with Crippen molar-refractivity contribution in [3.05, 3.63) is 52.4 Å². The fraction of sp³-hybridized carbons (Fsp3) is 0.316. The summed E-state index contributed by atoms with van der Waals surface area (Å²) in [5, 5.41) is 14.7. The summed E-state index contributed by atoms with van der Waals surface area (Å²) >= 11 is 5.99. The highest BCUT2D eigenvalue weighted by atomic mass is 35.5. The molecule has 0 saturated carbocycles. The summed E-state index contributed by atoms with van der Waals surface area (Å²) in [7, 11) is 0. The van der Waals surface area contributed by atoms with Crippen LogP contribution in [0.2, 0.25) is 5.02 Å². The molecule has 1 aromatic heterocycles. The first kappa shape index (κ1) is 20.5. The number of rotatable bonds is 8. The summed E-state index contributed by atoms with van der Waals surface area (Å²) in [6.45, 7) is 3.58. The molecule has 2 aromatic rings. The molecule has 2 amide bonds. The van der Waals surface area contributed by atoms with Gasteiger partial charge in [-0.15, -0.1) is 0 Å². The predicted molar refractivity (Wildman–Crippen MR) is 101 cm³/mol. The van der Waals surface area contributed by atoms with E-state index in [9.17, 15) is 19.5 Å². The number of anilines is 1. The molecule has 0 aliphatic carbocycles. The first-order valence-electron chi connectivity index (χ1n) is 8.52. The Labute approximate surface area is 161 Å². The van der Waals surface area contributed by atoms with Gasteiger partial charge in [-0.3, -0.25) is 9.59 Å². The highest BCUT2D eigenvalue weighted by Gasteiger charge is 2.23. The molecule has 8 heteroatoms. The molecule has 0 aliphatic rings. The maximum atomic E-state index is 12.6. The Morgan fingerprint density at radius 2 is 1.93 bits per heavy atom. The number of benzene rings is 1. The number of aryl methyl sites for hydroxylation is 1. The van der Waals surface area contributed by atoms with Gasteiger partial charge in [0.05, 0.1) is 23.1 Å². The van der Waals surface area contributed by atoms with Crippen LogP contribution in [0.15, 0.2) is 34.9 Å². The van der Waals surface area contributed by atoms with Crippen LogP contribution in [-0.2, 0) is 4.79 Å². The molecule has 0 aliphatic heterocycles. The number of carboxylic acids is 1. The zero-order chi connectivity index (χ0) is 20.0. The number of halogens is 1. The van der Waals surface area contributed by atoms with E-state index >= 15 is 0 Å². The second-order valence-electron chi connectivity index (χ2n) is 6.04. The number of amides is 2. The molecule has 1 aromatic carbocycles. The molecule has 0 bridgehead atoms. The first-order chi connectivity index (χ1) is 12.8. The van der Waals surface area contributed by atoms with E-state index in [-0.39, 0.29) is 11.3 Å². The summed E-state index contributed by atoms with van der Waals surface area (Å²) in [5.41, 5.74) is 0.634. The van der Waals surface area contributed by atoms with Gasteiger partial charge in [0, 0.05) is 5.02 Å². The van der Waals surface area contributed by atoms with E-state index in [1.807, 2.05) is 6.92 Å². The van der Waals surface area contributed by atoms with E-state index in [1.54, 1.807) is 6.92 Å². The van der Waals surface area contributed by atoms with Gasteiger partial charge in [-0.1, -0.05) is 31.4 Å². The van der Waals surface area contributed by atoms with Crippen molar-refractivity contribution in [1.82, 2.24) is 5.32 Å². The molecular weight excluding hydrogens is 372 g/mol. The molecule has 1 unspecified atom stereocenters. The van der Waals surface area contributed by atoms with E-state index in [4.69, 9.17) is 16.0 Å². The van der Waals surface area contributed by atoms with Crippen LogP contribution >= 0.6 is 11.6 Å². The van der Waals surface area contributed by atoms with Gasteiger partial charge in [0.2, 0.25) is 0 Å². The maximum Gasteiger partial charge on any atom is 0.326 e. The largest absolute Gasteiger partial charge is 0.480 e. The predicted octanol–water partition coefficient (Wildman–Crippen LogP) is 3.87. The normalized spacial score (nSPS) is 11.7. The molecule has 7 nitrogen and oxygen atoms in total. The SMILES string of the molecule is CCCCC(NC(=O)c1ccc(Cl)cc1NC(=O)c1ccoc1C)C(=O)O. The van der Waals surface area contributed by atoms with Crippen LogP contribution in [0.25, 0.3) is 0 Å². The van der Waals surface area contributed by atoms with Gasteiger partial charge in [-0.25, -0.2) is 4.79 Å². The number of carboxylic acid groups (broad SMARTS) is 1. The Morgan fingerprint density at radius 1 is 1.19 bits per heavy atom. The minimum absolute atomic E-state index is 0.122. The number of aliphatic carboxylic acids is 1. The van der Waals surface area contributed by atoms with Crippen molar-refractivity contribution in [1.29, 1.82) is 0 Å². The standard InChI is InChI=1S/C19H21ClN2O5/c1-3-4-5-15(19(25)26)21-18(24)14-7-6-12(20)10-16(14)22-17(23)13-8-9-27-11(13)2/h6-10,15H,3-5H2,1-2H3,(H,21,24)(H,22,23)(H,25,26). The molecule has 0 radical (unpaired) electrons. The summed E-state index contributed by atoms with van der Waals surface area (Å²) < 4.78 is 5.11. The Balaban J connectivity index is 2.23. The lowest BCUT2D eigenvalue weighted by Gasteiger charge is -2.16. The Kier molecular flexibility index (Phi) is 7.01. The Bertz CT molecular complexity index is 846. The topological polar surface area (TPSA) is 109 Å². The van der Waals surface area contributed by atoms with E-state index in [1.165, 1.54) is 30.5 Å². The minimum atomic E-state index is -1.11. The fourth-order valence-corrected chi connectivity index (χ4v) is 2.70. The van der Waals surface area contributed by atoms with Crippen molar-refractivity contribution >= 4 is 35.1 Å². The number of hydrogen-bond donors (Lipinski definition) is 3. The molecule has 0 saturated heterocycles. The van der Waals surface area contributed by atoms with Gasteiger partial charge in [-0.2, -0.15) is 0 Å². The molecule has 2 rings (SSSR count). The smallest absolute Gasteiger partial charge is 0.326 e. The molecule has 1 atom stereocenters. The maximum absolute atomic E-state index is 12.6. The van der Waals surface area contributed by atoms with Crippen LogP contribution < -0.4 is 10.6 Å². The van der Waals surface area contributed by atoms with Crippen molar-refractivity contribution in [2.75, 3.05) is 5.32 Å². The van der Waals surface area contributed by atoms with E-state index in [0.29, 0.717) is 29.2 Å². The molecule has 0 fully saturated rings. The molecule has 144 valence electrons. The van der Waals surface area contributed by atoms with Crippen molar-refractivity contribution in [3.63, 3.8) is 0 Å². The molecule has 0 spiro atoms. The molecule has 1 heterocycles. The molecule has 27 heavy (non-hydrogen) atoms. The van der Waals surface area contributed by atoms with Gasteiger partial charge >= 0.3 is 5.97 Å². The lowest BCUT2D eigenvalue weighted by Crippen LogP contribution is -2.41. The Hall–Kier alpha value is -2.80. The third kappa shape index (κ3) is 5.34. The van der Waals surface area contributed by atoms with E-state index < -0.39 is 23.8 Å². The van der Waals surface area contributed by atoms with Crippen molar-refractivity contribution in [2.24, 2.45) is 0 Å². The second-order valence-corrected chi connectivity index (χ2v) is 6.48. The highest BCUT2D eigenvalue weighted by molar-refractivity contribution is 6.31. The zero-order valence-corrected chi connectivity index (χ0v) is 15.8.